The Balaban J connectivity index is 2.04. The van der Waals surface area contributed by atoms with Crippen LogP contribution in [0.5, 0.6) is 5.75 Å². The van der Waals surface area contributed by atoms with Gasteiger partial charge in [-0.2, -0.15) is 0 Å². The van der Waals surface area contributed by atoms with Gasteiger partial charge in [0, 0.05) is 18.2 Å². The molecule has 21 heavy (non-hydrogen) atoms. The van der Waals surface area contributed by atoms with Crippen LogP contribution in [-0.4, -0.2) is 29.7 Å². The molecule has 0 N–H and O–H groups in total. The van der Waals surface area contributed by atoms with E-state index in [-0.39, 0.29) is 12.0 Å². The standard InChI is InChI=1S/C16H18N2O3/c1-20-14-8-4-3-6-11(14)12-10-18-13(16(19)21-2)7-5-9-15(18)17-12/h3-4,6,8,10,13H,5,7,9H2,1-2H3. The van der Waals surface area contributed by atoms with Gasteiger partial charge in [0.05, 0.1) is 19.9 Å². The molecule has 0 aliphatic carbocycles. The number of esters is 1. The summed E-state index contributed by atoms with van der Waals surface area (Å²) in [6.45, 7) is 0. The molecule has 5 heteroatoms. The number of imidazole rings is 1. The van der Waals surface area contributed by atoms with Crippen LogP contribution in [0, 0.1) is 0 Å². The van der Waals surface area contributed by atoms with Crippen molar-refractivity contribution in [3.05, 3.63) is 36.3 Å². The van der Waals surface area contributed by atoms with Crippen LogP contribution < -0.4 is 4.74 Å². The summed E-state index contributed by atoms with van der Waals surface area (Å²) in [4.78, 5) is 16.6. The van der Waals surface area contributed by atoms with Crippen molar-refractivity contribution in [2.75, 3.05) is 14.2 Å². The lowest BCUT2D eigenvalue weighted by Crippen LogP contribution is -2.25. The Morgan fingerprint density at radius 2 is 2.14 bits per heavy atom. The first-order chi connectivity index (χ1) is 10.2. The van der Waals surface area contributed by atoms with Crippen LogP contribution in [0.3, 0.4) is 0 Å². The molecule has 0 fully saturated rings. The number of hydrogen-bond acceptors (Lipinski definition) is 4. The normalized spacial score (nSPS) is 17.1. The van der Waals surface area contributed by atoms with Gasteiger partial charge in [-0.15, -0.1) is 0 Å². The number of hydrogen-bond donors (Lipinski definition) is 0. The summed E-state index contributed by atoms with van der Waals surface area (Å²) in [6, 6.07) is 7.49. The van der Waals surface area contributed by atoms with E-state index < -0.39 is 0 Å². The second kappa shape index (κ2) is 5.60. The minimum atomic E-state index is -0.269. The fraction of sp³-hybridized carbons (Fsp3) is 0.375. The van der Waals surface area contributed by atoms with Gasteiger partial charge in [-0.25, -0.2) is 9.78 Å². The third-order valence-corrected chi connectivity index (χ3v) is 3.88. The Morgan fingerprint density at radius 3 is 2.90 bits per heavy atom. The molecule has 2 aromatic rings. The topological polar surface area (TPSA) is 53.4 Å². The molecule has 1 aliphatic rings. The fourth-order valence-electron chi connectivity index (χ4n) is 2.83. The van der Waals surface area contributed by atoms with Gasteiger partial charge >= 0.3 is 5.97 Å². The zero-order chi connectivity index (χ0) is 14.8. The highest BCUT2D eigenvalue weighted by molar-refractivity contribution is 5.75. The number of methoxy groups -OCH3 is 2. The van der Waals surface area contributed by atoms with Crippen molar-refractivity contribution in [2.24, 2.45) is 0 Å². The molecule has 1 aromatic heterocycles. The molecule has 110 valence electrons. The first-order valence-corrected chi connectivity index (χ1v) is 7.03. The van der Waals surface area contributed by atoms with Crippen molar-refractivity contribution in [1.29, 1.82) is 0 Å². The number of aryl methyl sites for hydroxylation is 1. The Labute approximate surface area is 123 Å². The number of ether oxygens (including phenoxy) is 2. The van der Waals surface area contributed by atoms with E-state index in [1.807, 2.05) is 35.0 Å². The minimum absolute atomic E-state index is 0.208. The molecule has 1 unspecified atom stereocenters. The maximum atomic E-state index is 11.9. The number of aromatic nitrogens is 2. The minimum Gasteiger partial charge on any atom is -0.496 e. The molecule has 2 heterocycles. The Bertz CT molecular complexity index is 663. The van der Waals surface area contributed by atoms with Gasteiger partial charge in [-0.1, -0.05) is 12.1 Å². The highest BCUT2D eigenvalue weighted by atomic mass is 16.5. The lowest BCUT2D eigenvalue weighted by atomic mass is 10.1. The van der Waals surface area contributed by atoms with Gasteiger partial charge < -0.3 is 14.0 Å². The van der Waals surface area contributed by atoms with Crippen molar-refractivity contribution < 1.29 is 14.3 Å². The predicted molar refractivity (Wildman–Crippen MR) is 78.2 cm³/mol. The Kier molecular flexibility index (Phi) is 3.64. The zero-order valence-corrected chi connectivity index (χ0v) is 12.2. The number of carbonyl (C=O) groups excluding carboxylic acids is 1. The molecule has 0 amide bonds. The fourth-order valence-corrected chi connectivity index (χ4v) is 2.83. The first kappa shape index (κ1) is 13.7. The Morgan fingerprint density at radius 1 is 1.33 bits per heavy atom. The summed E-state index contributed by atoms with van der Waals surface area (Å²) < 4.78 is 12.2. The quantitative estimate of drug-likeness (QED) is 0.814. The van der Waals surface area contributed by atoms with E-state index in [1.54, 1.807) is 7.11 Å². The smallest absolute Gasteiger partial charge is 0.328 e. The highest BCUT2D eigenvalue weighted by Gasteiger charge is 2.28. The lowest BCUT2D eigenvalue weighted by molar-refractivity contribution is -0.145. The van der Waals surface area contributed by atoms with E-state index in [0.29, 0.717) is 0 Å². The van der Waals surface area contributed by atoms with Crippen LogP contribution in [0.4, 0.5) is 0 Å². The Hall–Kier alpha value is -2.30. The van der Waals surface area contributed by atoms with Gasteiger partial charge in [-0.05, 0) is 25.0 Å². The maximum absolute atomic E-state index is 11.9. The molecule has 0 saturated carbocycles. The maximum Gasteiger partial charge on any atom is 0.328 e. The molecular formula is C16H18N2O3. The van der Waals surface area contributed by atoms with Crippen LogP contribution in [0.1, 0.15) is 24.7 Å². The second-order valence-corrected chi connectivity index (χ2v) is 5.08. The molecule has 1 aromatic carbocycles. The molecule has 1 aliphatic heterocycles. The van der Waals surface area contributed by atoms with Gasteiger partial charge in [0.1, 0.15) is 17.6 Å². The number of benzene rings is 1. The summed E-state index contributed by atoms with van der Waals surface area (Å²) in [5.74, 6) is 1.50. The van der Waals surface area contributed by atoms with Crippen molar-refractivity contribution in [3.8, 4) is 17.0 Å². The molecule has 0 spiro atoms. The SMILES string of the molecule is COC(=O)C1CCCc2nc(-c3ccccc3OC)cn21. The molecule has 3 rings (SSSR count). The van der Waals surface area contributed by atoms with Crippen molar-refractivity contribution >= 4 is 5.97 Å². The van der Waals surface area contributed by atoms with E-state index in [4.69, 9.17) is 9.47 Å². The van der Waals surface area contributed by atoms with E-state index in [0.717, 1.165) is 42.1 Å². The van der Waals surface area contributed by atoms with Crippen LogP contribution in [0.25, 0.3) is 11.3 Å². The third kappa shape index (κ3) is 2.39. The number of fused-ring (bicyclic) bond motifs is 1. The molecule has 0 bridgehead atoms. The van der Waals surface area contributed by atoms with E-state index >= 15 is 0 Å². The molecule has 0 saturated heterocycles. The van der Waals surface area contributed by atoms with Crippen LogP contribution >= 0.6 is 0 Å². The summed E-state index contributed by atoms with van der Waals surface area (Å²) >= 11 is 0. The van der Waals surface area contributed by atoms with Crippen LogP contribution in [0.2, 0.25) is 0 Å². The molecule has 1 atom stereocenters. The predicted octanol–water partition coefficient (Wildman–Crippen LogP) is 2.61. The number of para-hydroxylation sites is 1. The lowest BCUT2D eigenvalue weighted by Gasteiger charge is -2.22. The number of nitrogens with zero attached hydrogens (tertiary/aromatic N) is 2. The van der Waals surface area contributed by atoms with E-state index in [1.165, 1.54) is 7.11 Å². The van der Waals surface area contributed by atoms with Crippen molar-refractivity contribution in [3.63, 3.8) is 0 Å². The highest BCUT2D eigenvalue weighted by Crippen LogP contribution is 2.33. The average Bonchev–Trinajstić information content (AvgIpc) is 2.97. The van der Waals surface area contributed by atoms with Crippen molar-refractivity contribution in [2.45, 2.75) is 25.3 Å². The van der Waals surface area contributed by atoms with Gasteiger partial charge in [0.2, 0.25) is 0 Å². The average molecular weight is 286 g/mol. The molecular weight excluding hydrogens is 268 g/mol. The largest absolute Gasteiger partial charge is 0.496 e. The summed E-state index contributed by atoms with van der Waals surface area (Å²) in [5.41, 5.74) is 1.77. The summed E-state index contributed by atoms with van der Waals surface area (Å²) in [6.07, 6.45) is 4.54. The molecule has 5 nitrogen and oxygen atoms in total. The number of rotatable bonds is 3. The first-order valence-electron chi connectivity index (χ1n) is 7.03. The summed E-state index contributed by atoms with van der Waals surface area (Å²) in [5, 5.41) is 0. The second-order valence-electron chi connectivity index (χ2n) is 5.08. The van der Waals surface area contributed by atoms with Crippen LogP contribution in [0.15, 0.2) is 30.5 Å². The zero-order valence-electron chi connectivity index (χ0n) is 12.2. The van der Waals surface area contributed by atoms with Crippen LogP contribution in [-0.2, 0) is 16.0 Å². The number of carbonyl (C=O) groups is 1. The van der Waals surface area contributed by atoms with Gasteiger partial charge in [0.15, 0.2) is 0 Å². The molecule has 0 radical (unpaired) electrons. The van der Waals surface area contributed by atoms with Crippen molar-refractivity contribution in [1.82, 2.24) is 9.55 Å². The monoisotopic (exact) mass is 286 g/mol. The third-order valence-electron chi connectivity index (χ3n) is 3.88. The summed E-state index contributed by atoms with van der Waals surface area (Å²) in [7, 11) is 3.07. The van der Waals surface area contributed by atoms with E-state index in [9.17, 15) is 4.79 Å². The van der Waals surface area contributed by atoms with E-state index in [2.05, 4.69) is 4.98 Å². The van der Waals surface area contributed by atoms with Gasteiger partial charge in [-0.3, -0.25) is 0 Å². The van der Waals surface area contributed by atoms with Gasteiger partial charge in [0.25, 0.3) is 0 Å².